The number of hydrogen-bond acceptors (Lipinski definition) is 6. The van der Waals surface area contributed by atoms with Crippen molar-refractivity contribution in [1.82, 2.24) is 5.32 Å². The number of primary amides is 2. The Kier molecular flexibility index (Phi) is 17.6. The van der Waals surface area contributed by atoms with E-state index < -0.39 is 166 Å². The number of amides is 3. The smallest absolute Gasteiger partial charge is 0.450 e. The number of ether oxygens (including phenoxy) is 3. The molecule has 3 amide bonds. The molecule has 0 aliphatic carbocycles. The van der Waals surface area contributed by atoms with E-state index in [0.29, 0.717) is 0 Å². The maximum atomic E-state index is 14.9. The van der Waals surface area contributed by atoms with Crippen molar-refractivity contribution in [2.45, 2.75) is 122 Å². The van der Waals surface area contributed by atoms with Crippen molar-refractivity contribution in [3.8, 4) is 0 Å². The van der Waals surface area contributed by atoms with Crippen molar-refractivity contribution in [3.63, 3.8) is 0 Å². The van der Waals surface area contributed by atoms with Gasteiger partial charge in [-0.15, -0.1) is 0 Å². The zero-order chi connectivity index (χ0) is 50.7. The summed E-state index contributed by atoms with van der Waals surface area (Å²) < 4.78 is 376. The van der Waals surface area contributed by atoms with Crippen LogP contribution in [-0.2, 0) is 14.2 Å². The fourth-order valence-corrected chi connectivity index (χ4v) is 4.96. The highest BCUT2D eigenvalue weighted by Gasteiger charge is 2.85. The molecule has 0 aromatic heterocycles. The van der Waals surface area contributed by atoms with Gasteiger partial charge in [-0.05, 0) is 38.0 Å². The number of alkyl carbamates (subject to hydrolysis) is 1. The van der Waals surface area contributed by atoms with E-state index in [1.807, 2.05) is 0 Å². The summed E-state index contributed by atoms with van der Waals surface area (Å²) >= 11 is 0. The van der Waals surface area contributed by atoms with Crippen LogP contribution in [-0.4, -0.2) is 115 Å². The predicted octanol–water partition coefficient (Wildman–Crippen LogP) is 10.4. The van der Waals surface area contributed by atoms with Crippen LogP contribution in [0.4, 0.5) is 133 Å². The third kappa shape index (κ3) is 12.8. The Morgan fingerprint density at radius 2 is 0.810 bits per heavy atom. The van der Waals surface area contributed by atoms with Crippen LogP contribution in [0.25, 0.3) is 0 Å². The second-order valence-electron chi connectivity index (χ2n) is 13.0. The number of nitrogens with two attached hydrogens (primary N) is 2. The van der Waals surface area contributed by atoms with E-state index in [9.17, 15) is 133 Å². The molecule has 0 heterocycles. The summed E-state index contributed by atoms with van der Waals surface area (Å²) in [6.45, 7) is -5.51. The van der Waals surface area contributed by atoms with Crippen LogP contribution in [0.3, 0.4) is 0 Å². The Morgan fingerprint density at radius 1 is 0.460 bits per heavy atom. The van der Waals surface area contributed by atoms with Crippen LogP contribution in [0, 0.1) is 5.92 Å². The summed E-state index contributed by atoms with van der Waals surface area (Å²) in [7, 11) is 0. The van der Waals surface area contributed by atoms with Crippen molar-refractivity contribution in [3.05, 3.63) is 0 Å². The quantitative estimate of drug-likeness (QED) is 0.0529. The minimum absolute atomic E-state index is 0.641. The molecule has 0 saturated heterocycles. The monoisotopic (exact) mass is 1000 g/mol. The number of nitrogens with one attached hydrogen (secondary N) is 1. The van der Waals surface area contributed by atoms with Gasteiger partial charge in [0.1, 0.15) is 5.60 Å². The first-order chi connectivity index (χ1) is 27.5. The lowest BCUT2D eigenvalue weighted by Crippen LogP contribution is -2.65. The van der Waals surface area contributed by atoms with Crippen LogP contribution in [0.5, 0.6) is 0 Å². The Labute approximate surface area is 331 Å². The molecule has 0 fully saturated rings. The minimum Gasteiger partial charge on any atom is -0.450 e. The zero-order valence-electron chi connectivity index (χ0n) is 30.0. The predicted molar refractivity (Wildman–Crippen MR) is 147 cm³/mol. The maximum Gasteiger partial charge on any atom is 0.460 e. The van der Waals surface area contributed by atoms with Crippen LogP contribution >= 0.6 is 0 Å². The van der Waals surface area contributed by atoms with E-state index >= 15 is 0 Å². The molecule has 0 radical (unpaired) electrons. The van der Waals surface area contributed by atoms with Gasteiger partial charge in [0.25, 0.3) is 0 Å². The summed E-state index contributed by atoms with van der Waals surface area (Å²) in [5, 5.41) is 1.28. The van der Waals surface area contributed by atoms with E-state index in [-0.39, 0.29) is 0 Å². The van der Waals surface area contributed by atoms with Gasteiger partial charge in [0.05, 0.1) is 19.4 Å². The molecule has 0 aliphatic rings. The van der Waals surface area contributed by atoms with Crippen molar-refractivity contribution in [2.24, 2.45) is 17.4 Å². The molecule has 0 aliphatic heterocycles. The third-order valence-electron chi connectivity index (χ3n) is 8.20. The van der Waals surface area contributed by atoms with Gasteiger partial charge >= 0.3 is 90.1 Å². The minimum atomic E-state index is -7.96. The molecule has 0 bridgehead atoms. The highest BCUT2D eigenvalue weighted by Crippen LogP contribution is 2.60. The number of halogens is 27. The first-order valence-electron chi connectivity index (χ1n) is 15.9. The fourth-order valence-electron chi connectivity index (χ4n) is 4.96. The lowest BCUT2D eigenvalue weighted by atomic mass is 9.79. The van der Waals surface area contributed by atoms with Crippen molar-refractivity contribution >= 4 is 18.3 Å². The summed E-state index contributed by atoms with van der Waals surface area (Å²) in [5.74, 6) is -69.7. The van der Waals surface area contributed by atoms with E-state index in [1.165, 1.54) is 5.32 Å². The first kappa shape index (κ1) is 58.9. The molecule has 374 valence electrons. The van der Waals surface area contributed by atoms with Crippen molar-refractivity contribution in [2.75, 3.05) is 19.8 Å². The summed E-state index contributed by atoms with van der Waals surface area (Å²) in [6, 6.07) is 0. The Hall–Kier alpha value is -4.08. The largest absolute Gasteiger partial charge is 0.460 e. The van der Waals surface area contributed by atoms with E-state index in [0.717, 1.165) is 0 Å². The molecule has 0 aromatic carbocycles. The molecule has 0 aromatic rings. The van der Waals surface area contributed by atoms with Gasteiger partial charge in [0, 0.05) is 6.54 Å². The number of carbonyl (C=O) groups is 3. The van der Waals surface area contributed by atoms with Gasteiger partial charge in [0.2, 0.25) is 0 Å². The van der Waals surface area contributed by atoms with E-state index in [1.54, 1.807) is 0 Å². The molecule has 1 atom stereocenters. The van der Waals surface area contributed by atoms with E-state index in [4.69, 9.17) is 0 Å². The van der Waals surface area contributed by atoms with Gasteiger partial charge in [-0.2, -0.15) is 119 Å². The second-order valence-corrected chi connectivity index (χ2v) is 13.0. The molecule has 0 saturated carbocycles. The number of rotatable bonds is 23. The zero-order valence-corrected chi connectivity index (χ0v) is 30.0. The Morgan fingerprint density at radius 3 is 1.14 bits per heavy atom. The molecule has 36 heteroatoms. The van der Waals surface area contributed by atoms with Crippen LogP contribution < -0.4 is 16.8 Å². The highest BCUT2D eigenvalue weighted by molar-refractivity contribution is 5.67. The summed E-state index contributed by atoms with van der Waals surface area (Å²) in [5.41, 5.74) is 3.97. The van der Waals surface area contributed by atoms with Crippen molar-refractivity contribution < 1.29 is 147 Å². The third-order valence-corrected chi connectivity index (χ3v) is 8.20. The summed E-state index contributed by atoms with van der Waals surface area (Å²) in [4.78, 5) is 34.2. The maximum absolute atomic E-state index is 14.9. The topological polar surface area (TPSA) is 143 Å². The highest BCUT2D eigenvalue weighted by atomic mass is 19.4. The van der Waals surface area contributed by atoms with Gasteiger partial charge in [-0.1, -0.05) is 0 Å². The molecule has 0 rings (SSSR count). The number of carbonyl (C=O) groups excluding carboxylic acids is 3. The van der Waals surface area contributed by atoms with Gasteiger partial charge in [-0.25, -0.2) is 14.4 Å². The van der Waals surface area contributed by atoms with Crippen molar-refractivity contribution in [1.29, 1.82) is 0 Å². The van der Waals surface area contributed by atoms with Crippen LogP contribution in [0.1, 0.15) is 44.9 Å². The fraction of sp³-hybridized carbons (Fsp3) is 0.889. The van der Waals surface area contributed by atoms with Gasteiger partial charge in [0.15, 0.2) is 6.61 Å². The van der Waals surface area contributed by atoms with Crippen LogP contribution in [0.15, 0.2) is 0 Å². The lowest BCUT2D eigenvalue weighted by molar-refractivity contribution is -0.407. The average Bonchev–Trinajstić information content (AvgIpc) is 3.04. The molecule has 5 N–H and O–H groups in total. The number of hydrogen-bond donors (Lipinski definition) is 3. The average molecular weight is 1000 g/mol. The molecular formula is C27H26F27N3O6. The normalized spacial score (nSPS) is 15.5. The molecular weight excluding hydrogens is 975 g/mol. The number of alkyl halides is 27. The SMILES string of the molecule is NC(=O)OCCCC(CCCC(CC(F)(F)C(F)(F)C(F)(F)C(F)(F)F)(CC(F)(F)C(F)(F)C(F)(F)C(F)(F)F)OC(N)=O)CNC(=O)OCC(F)(F)C(F)(F)C(F)(F)C(F)(F)F. The standard InChI is InChI=1S/C27H26F27N3O6/c28-16(29,19(34,35)22(40,41)25(46,47)48)8-15(63-13(56)59,9-17(30,31)20(36,37)23(42,43)26(49,50)51)5-1-3-11(4-2-6-61-12(55)58)7-57-14(60)62-10-18(32,33)21(38,39)24(44,45)27(52,53)54/h11H,1-10H2,(H2,55,58)(H2,56,59)(H,57,60). The second kappa shape index (κ2) is 18.8. The first-order valence-corrected chi connectivity index (χ1v) is 15.9. The Bertz CT molecular complexity index is 1510. The molecule has 1 unspecified atom stereocenters. The van der Waals surface area contributed by atoms with Gasteiger partial charge in [-0.3, -0.25) is 0 Å². The molecule has 63 heavy (non-hydrogen) atoms. The van der Waals surface area contributed by atoms with Gasteiger partial charge < -0.3 is 31.0 Å². The molecule has 0 spiro atoms. The lowest BCUT2D eigenvalue weighted by Gasteiger charge is -2.43. The summed E-state index contributed by atoms with van der Waals surface area (Å²) in [6.07, 6.45) is -44.7. The Balaban J connectivity index is 7.12. The van der Waals surface area contributed by atoms with E-state index in [2.05, 4.69) is 25.7 Å². The molecule has 9 nitrogen and oxygen atoms in total. The van der Waals surface area contributed by atoms with Crippen LogP contribution in [0.2, 0.25) is 0 Å².